The molecule has 2 fully saturated rings. The van der Waals surface area contributed by atoms with Crippen LogP contribution in [0.3, 0.4) is 0 Å². The van der Waals surface area contributed by atoms with E-state index < -0.39 is 35.3 Å². The van der Waals surface area contributed by atoms with E-state index in [2.05, 4.69) is 10.6 Å². The summed E-state index contributed by atoms with van der Waals surface area (Å²) in [5, 5.41) is 29.0. The van der Waals surface area contributed by atoms with Gasteiger partial charge in [0.1, 0.15) is 11.6 Å². The third kappa shape index (κ3) is 7.85. The first-order valence-corrected chi connectivity index (χ1v) is 13.8. The topological polar surface area (TPSA) is 94.1 Å². The molecule has 1 saturated carbocycles. The summed E-state index contributed by atoms with van der Waals surface area (Å²) in [5.74, 6) is -1.56. The number of carbonyl (C=O) groups is 1. The molecule has 4 unspecified atom stereocenters. The van der Waals surface area contributed by atoms with Crippen LogP contribution in [-0.2, 0) is 10.3 Å². The minimum absolute atomic E-state index is 0.0574. The van der Waals surface area contributed by atoms with E-state index >= 15 is 0 Å². The maximum atomic E-state index is 14.9. The zero-order chi connectivity index (χ0) is 26.8. The number of methoxy groups -OCH3 is 1. The van der Waals surface area contributed by atoms with Crippen LogP contribution in [0.15, 0.2) is 18.2 Å². The Morgan fingerprint density at radius 1 is 1.19 bits per heavy atom. The number of aliphatic hydroxyl groups is 2. The smallest absolute Gasteiger partial charge is 0.317 e. The van der Waals surface area contributed by atoms with E-state index in [0.29, 0.717) is 45.4 Å². The van der Waals surface area contributed by atoms with Gasteiger partial charge >= 0.3 is 6.03 Å². The van der Waals surface area contributed by atoms with Gasteiger partial charge in [0.25, 0.3) is 0 Å². The molecule has 2 aliphatic rings. The van der Waals surface area contributed by atoms with Crippen LogP contribution in [0.5, 0.6) is 0 Å². The Kier molecular flexibility index (Phi) is 11.6. The second kappa shape index (κ2) is 14.4. The number of ether oxygens (including phenoxy) is 1. The van der Waals surface area contributed by atoms with Crippen molar-refractivity contribution < 1.29 is 28.5 Å². The van der Waals surface area contributed by atoms with Crippen molar-refractivity contribution in [2.75, 3.05) is 40.4 Å². The lowest BCUT2D eigenvalue weighted by Gasteiger charge is -2.43. The summed E-state index contributed by atoms with van der Waals surface area (Å²) in [6, 6.07) is 2.43. The summed E-state index contributed by atoms with van der Waals surface area (Å²) >= 11 is 0. The molecule has 4 atom stereocenters. The first-order valence-electron chi connectivity index (χ1n) is 13.8. The van der Waals surface area contributed by atoms with E-state index in [0.717, 1.165) is 43.9 Å². The number of aliphatic hydroxyl groups excluding tert-OH is 1. The van der Waals surface area contributed by atoms with Crippen molar-refractivity contribution in [2.24, 2.45) is 11.8 Å². The molecule has 0 bridgehead atoms. The molecule has 210 valence electrons. The minimum Gasteiger partial charge on any atom is -0.391 e. The SMILES string of the molecule is CNCC(NC(=O)N1CCCC(C(O)(CCCCOC)c2cc(F)ccc2F)C1)C(O)C1CCCCC1. The van der Waals surface area contributed by atoms with Gasteiger partial charge in [-0.2, -0.15) is 0 Å². The number of likely N-dealkylation sites (N-methyl/N-ethyl adjacent to an activating group) is 1. The van der Waals surface area contributed by atoms with Crippen molar-refractivity contribution in [3.63, 3.8) is 0 Å². The number of nitrogens with one attached hydrogen (secondary N) is 2. The lowest BCUT2D eigenvalue weighted by atomic mass is 9.74. The zero-order valence-electron chi connectivity index (χ0n) is 22.4. The fourth-order valence-corrected chi connectivity index (χ4v) is 6.11. The van der Waals surface area contributed by atoms with E-state index in [1.165, 1.54) is 6.42 Å². The molecule has 2 amide bonds. The summed E-state index contributed by atoms with van der Waals surface area (Å²) in [7, 11) is 3.39. The Balaban J connectivity index is 1.75. The van der Waals surface area contributed by atoms with Crippen LogP contribution in [0.2, 0.25) is 0 Å². The average Bonchev–Trinajstić information content (AvgIpc) is 2.92. The van der Waals surface area contributed by atoms with Crippen molar-refractivity contribution in [3.05, 3.63) is 35.4 Å². The number of carbonyl (C=O) groups excluding carboxylic acids is 1. The summed E-state index contributed by atoms with van der Waals surface area (Å²) in [6.07, 6.45) is 7.35. The van der Waals surface area contributed by atoms with Gasteiger partial charge in [-0.15, -0.1) is 0 Å². The van der Waals surface area contributed by atoms with Gasteiger partial charge in [-0.05, 0) is 76.1 Å². The van der Waals surface area contributed by atoms with Gasteiger partial charge in [0, 0.05) is 44.8 Å². The van der Waals surface area contributed by atoms with Crippen LogP contribution in [0, 0.1) is 23.5 Å². The number of nitrogens with zero attached hydrogens (tertiary/aromatic N) is 1. The molecule has 0 aromatic heterocycles. The van der Waals surface area contributed by atoms with Gasteiger partial charge < -0.3 is 30.5 Å². The van der Waals surface area contributed by atoms with E-state index in [-0.39, 0.29) is 30.5 Å². The fraction of sp³-hybridized carbons (Fsp3) is 0.750. The molecule has 0 radical (unpaired) electrons. The van der Waals surface area contributed by atoms with E-state index in [1.54, 1.807) is 19.1 Å². The minimum atomic E-state index is -1.62. The monoisotopic (exact) mass is 525 g/mol. The predicted molar refractivity (Wildman–Crippen MR) is 139 cm³/mol. The second-order valence-electron chi connectivity index (χ2n) is 10.8. The largest absolute Gasteiger partial charge is 0.391 e. The maximum absolute atomic E-state index is 14.9. The highest BCUT2D eigenvalue weighted by Crippen LogP contribution is 2.41. The molecular formula is C28H45F2N3O4. The molecule has 1 heterocycles. The van der Waals surface area contributed by atoms with Crippen molar-refractivity contribution >= 4 is 6.03 Å². The number of hydrogen-bond acceptors (Lipinski definition) is 5. The average molecular weight is 526 g/mol. The number of likely N-dealkylation sites (tertiary alicyclic amines) is 1. The highest BCUT2D eigenvalue weighted by molar-refractivity contribution is 5.74. The molecule has 1 aromatic rings. The zero-order valence-corrected chi connectivity index (χ0v) is 22.4. The van der Waals surface area contributed by atoms with Gasteiger partial charge in [-0.1, -0.05) is 19.3 Å². The van der Waals surface area contributed by atoms with Crippen LogP contribution >= 0.6 is 0 Å². The number of rotatable bonds is 12. The number of benzene rings is 1. The standard InChI is InChI=1S/C28H45F2N3O4/c1-31-18-25(26(34)20-9-4-3-5-10-20)32-27(35)33-15-8-11-21(19-33)28(36,14-6-7-16-37-2)23-17-22(29)12-13-24(23)30/h12-13,17,20-21,25-26,31,34,36H,3-11,14-16,18-19H2,1-2H3,(H,32,35). The third-order valence-corrected chi connectivity index (χ3v) is 8.21. The van der Waals surface area contributed by atoms with E-state index in [9.17, 15) is 23.8 Å². The Morgan fingerprint density at radius 3 is 2.65 bits per heavy atom. The number of hydrogen-bond donors (Lipinski definition) is 4. The van der Waals surface area contributed by atoms with Crippen molar-refractivity contribution in [1.29, 1.82) is 0 Å². The predicted octanol–water partition coefficient (Wildman–Crippen LogP) is 3.92. The Labute approximate surface area is 220 Å². The Bertz CT molecular complexity index is 855. The summed E-state index contributed by atoms with van der Waals surface area (Å²) in [6.45, 7) is 1.67. The Hall–Kier alpha value is -1.81. The maximum Gasteiger partial charge on any atom is 0.317 e. The molecule has 0 spiro atoms. The molecule has 7 nitrogen and oxygen atoms in total. The Morgan fingerprint density at radius 2 is 1.95 bits per heavy atom. The highest BCUT2D eigenvalue weighted by Gasteiger charge is 2.43. The van der Waals surface area contributed by atoms with Crippen LogP contribution < -0.4 is 10.6 Å². The lowest BCUT2D eigenvalue weighted by Crippen LogP contribution is -2.57. The summed E-state index contributed by atoms with van der Waals surface area (Å²) in [4.78, 5) is 15.0. The number of piperidine rings is 1. The fourth-order valence-electron chi connectivity index (χ4n) is 6.11. The number of urea groups is 1. The molecule has 37 heavy (non-hydrogen) atoms. The quantitative estimate of drug-likeness (QED) is 0.311. The molecule has 4 N–H and O–H groups in total. The lowest BCUT2D eigenvalue weighted by molar-refractivity contribution is -0.0592. The van der Waals surface area contributed by atoms with Crippen LogP contribution in [-0.4, -0.2) is 73.7 Å². The first kappa shape index (κ1) is 29.7. The number of unbranched alkanes of at least 4 members (excludes halogenated alkanes) is 1. The van der Waals surface area contributed by atoms with Crippen LogP contribution in [0.1, 0.15) is 69.8 Å². The van der Waals surface area contributed by atoms with Gasteiger partial charge in [0.2, 0.25) is 0 Å². The van der Waals surface area contributed by atoms with Crippen LogP contribution in [0.25, 0.3) is 0 Å². The number of halogens is 2. The normalized spacial score (nSPS) is 22.3. The van der Waals surface area contributed by atoms with Gasteiger partial charge in [0.05, 0.1) is 17.7 Å². The molecule has 1 saturated heterocycles. The molecule has 1 aromatic carbocycles. The van der Waals surface area contributed by atoms with Crippen molar-refractivity contribution in [3.8, 4) is 0 Å². The van der Waals surface area contributed by atoms with E-state index in [1.807, 2.05) is 0 Å². The molecular weight excluding hydrogens is 480 g/mol. The molecule has 3 rings (SSSR count). The van der Waals surface area contributed by atoms with Crippen molar-refractivity contribution in [2.45, 2.75) is 82.0 Å². The molecule has 9 heteroatoms. The summed E-state index contributed by atoms with van der Waals surface area (Å²) in [5.41, 5.74) is -1.68. The highest BCUT2D eigenvalue weighted by atomic mass is 19.1. The second-order valence-corrected chi connectivity index (χ2v) is 10.8. The van der Waals surface area contributed by atoms with Crippen LogP contribution in [0.4, 0.5) is 13.6 Å². The van der Waals surface area contributed by atoms with Crippen molar-refractivity contribution in [1.82, 2.24) is 15.5 Å². The first-order chi connectivity index (χ1) is 17.8. The number of amides is 2. The van der Waals surface area contributed by atoms with Gasteiger partial charge in [-0.3, -0.25) is 0 Å². The molecule has 1 aliphatic heterocycles. The summed E-state index contributed by atoms with van der Waals surface area (Å²) < 4.78 is 34.1. The molecule has 1 aliphatic carbocycles. The van der Waals surface area contributed by atoms with Gasteiger partial charge in [0.15, 0.2) is 0 Å². The third-order valence-electron chi connectivity index (χ3n) is 8.21. The van der Waals surface area contributed by atoms with E-state index in [4.69, 9.17) is 4.74 Å². The van der Waals surface area contributed by atoms with Gasteiger partial charge in [-0.25, -0.2) is 13.6 Å².